The maximum atomic E-state index is 12.8. The average Bonchev–Trinajstić information content (AvgIpc) is 3.34. The minimum atomic E-state index is -0.784. The molecule has 0 rings (SSSR count). The second-order valence-corrected chi connectivity index (χ2v) is 18.5. The van der Waals surface area contributed by atoms with E-state index >= 15 is 0 Å². The van der Waals surface area contributed by atoms with E-state index in [2.05, 4.69) is 118 Å². The van der Waals surface area contributed by atoms with Crippen LogP contribution in [-0.4, -0.2) is 37.2 Å². The van der Waals surface area contributed by atoms with Gasteiger partial charge in [-0.1, -0.05) is 234 Å². The number of hydrogen-bond donors (Lipinski definition) is 0. The molecular weight excluding hydrogens is 841 g/mol. The number of allylic oxidation sites excluding steroid dienone is 16. The summed E-state index contributed by atoms with van der Waals surface area (Å²) >= 11 is 0. The van der Waals surface area contributed by atoms with Gasteiger partial charge in [0.05, 0.1) is 0 Å². The predicted molar refractivity (Wildman–Crippen MR) is 293 cm³/mol. The molecule has 0 N–H and O–H groups in total. The zero-order valence-corrected chi connectivity index (χ0v) is 44.3. The summed E-state index contributed by atoms with van der Waals surface area (Å²) < 4.78 is 16.7. The Balaban J connectivity index is 4.20. The average molecular weight is 946 g/mol. The van der Waals surface area contributed by atoms with E-state index in [0.29, 0.717) is 19.3 Å². The lowest BCUT2D eigenvalue weighted by Gasteiger charge is -2.18. The molecule has 0 heterocycles. The SMILES string of the molecule is CC/C=C\C/C=C\C/C=C\C/C=C\C/C=C\CCCCCCCCCCCC(=O)OCC(COC(=O)CCCCCCCC)OC(=O)CCCCCCCC/C=C\C/C=C\C/C=C\CCCCC. The molecule has 0 aromatic carbocycles. The zero-order valence-electron chi connectivity index (χ0n) is 44.3. The maximum absolute atomic E-state index is 12.8. The monoisotopic (exact) mass is 945 g/mol. The van der Waals surface area contributed by atoms with E-state index in [-0.39, 0.29) is 31.1 Å². The summed E-state index contributed by atoms with van der Waals surface area (Å²) in [6.45, 7) is 6.42. The fourth-order valence-electron chi connectivity index (χ4n) is 7.59. The number of unbranched alkanes of at least 4 members (excludes halogenated alkanes) is 23. The van der Waals surface area contributed by atoms with Crippen molar-refractivity contribution in [2.45, 2.75) is 264 Å². The van der Waals surface area contributed by atoms with E-state index in [1.165, 1.54) is 96.3 Å². The summed E-state index contributed by atoms with van der Waals surface area (Å²) in [6.07, 6.45) is 74.2. The number of carbonyl (C=O) groups is 3. The normalized spacial score (nSPS) is 12.8. The second-order valence-electron chi connectivity index (χ2n) is 18.5. The van der Waals surface area contributed by atoms with Gasteiger partial charge in [0.1, 0.15) is 13.2 Å². The Hall–Kier alpha value is -3.67. The van der Waals surface area contributed by atoms with E-state index in [4.69, 9.17) is 14.2 Å². The summed E-state index contributed by atoms with van der Waals surface area (Å²) in [5, 5.41) is 0. The number of carbonyl (C=O) groups excluding carboxylic acids is 3. The Morgan fingerprint density at radius 3 is 0.926 bits per heavy atom. The van der Waals surface area contributed by atoms with Crippen LogP contribution in [0, 0.1) is 0 Å². The van der Waals surface area contributed by atoms with Crippen molar-refractivity contribution in [1.29, 1.82) is 0 Å². The van der Waals surface area contributed by atoms with E-state index in [1.807, 2.05) is 0 Å². The Morgan fingerprint density at radius 2 is 0.574 bits per heavy atom. The van der Waals surface area contributed by atoms with Gasteiger partial charge in [0.2, 0.25) is 0 Å². The van der Waals surface area contributed by atoms with Gasteiger partial charge in [0.15, 0.2) is 6.10 Å². The number of esters is 3. The van der Waals surface area contributed by atoms with Crippen molar-refractivity contribution in [1.82, 2.24) is 0 Å². The van der Waals surface area contributed by atoms with Gasteiger partial charge in [-0.25, -0.2) is 0 Å². The van der Waals surface area contributed by atoms with Crippen LogP contribution in [0.4, 0.5) is 0 Å². The smallest absolute Gasteiger partial charge is 0.306 e. The molecule has 0 saturated heterocycles. The minimum Gasteiger partial charge on any atom is -0.462 e. The Morgan fingerprint density at radius 1 is 0.309 bits per heavy atom. The highest BCUT2D eigenvalue weighted by Crippen LogP contribution is 2.14. The fourth-order valence-corrected chi connectivity index (χ4v) is 7.59. The molecule has 0 aromatic rings. The zero-order chi connectivity index (χ0) is 49.3. The van der Waals surface area contributed by atoms with Crippen molar-refractivity contribution < 1.29 is 28.6 Å². The molecule has 6 heteroatoms. The van der Waals surface area contributed by atoms with Crippen LogP contribution in [0.25, 0.3) is 0 Å². The quantitative estimate of drug-likeness (QED) is 0.0262. The third-order valence-corrected chi connectivity index (χ3v) is 11.8. The first-order chi connectivity index (χ1) is 33.5. The van der Waals surface area contributed by atoms with E-state index in [0.717, 1.165) is 122 Å². The molecule has 0 amide bonds. The number of rotatable bonds is 50. The molecule has 0 bridgehead atoms. The largest absolute Gasteiger partial charge is 0.462 e. The molecule has 0 fully saturated rings. The van der Waals surface area contributed by atoms with Gasteiger partial charge >= 0.3 is 17.9 Å². The summed E-state index contributed by atoms with van der Waals surface area (Å²) in [6, 6.07) is 0. The molecule has 0 saturated carbocycles. The first kappa shape index (κ1) is 64.3. The highest BCUT2D eigenvalue weighted by molar-refractivity contribution is 5.71. The predicted octanol–water partition coefficient (Wildman–Crippen LogP) is 18.9. The molecule has 1 atom stereocenters. The van der Waals surface area contributed by atoms with Gasteiger partial charge in [-0.15, -0.1) is 0 Å². The van der Waals surface area contributed by atoms with E-state index < -0.39 is 6.10 Å². The summed E-state index contributed by atoms with van der Waals surface area (Å²) in [4.78, 5) is 37.9. The lowest BCUT2D eigenvalue weighted by atomic mass is 10.1. The van der Waals surface area contributed by atoms with Crippen molar-refractivity contribution in [3.8, 4) is 0 Å². The molecule has 0 aliphatic rings. The molecular formula is C62H104O6. The third kappa shape index (κ3) is 53.3. The highest BCUT2D eigenvalue weighted by atomic mass is 16.6. The van der Waals surface area contributed by atoms with Crippen LogP contribution in [0.3, 0.4) is 0 Å². The van der Waals surface area contributed by atoms with Crippen LogP contribution in [0.15, 0.2) is 97.2 Å². The van der Waals surface area contributed by atoms with E-state index in [9.17, 15) is 14.4 Å². The van der Waals surface area contributed by atoms with Crippen molar-refractivity contribution >= 4 is 17.9 Å². The van der Waals surface area contributed by atoms with Gasteiger partial charge < -0.3 is 14.2 Å². The molecule has 68 heavy (non-hydrogen) atoms. The van der Waals surface area contributed by atoms with Crippen molar-refractivity contribution in [2.75, 3.05) is 13.2 Å². The number of ether oxygens (including phenoxy) is 3. The molecule has 0 radical (unpaired) electrons. The standard InChI is InChI=1S/C62H104O6/c1-4-7-10-13-16-18-20-22-24-26-28-29-30-31-32-33-35-36-38-40-42-44-46-49-52-55-61(64)67-58-59(57-66-60(63)54-51-48-15-12-9-6-3)68-62(65)56-53-50-47-45-43-41-39-37-34-27-25-23-21-19-17-14-11-8-5-2/h7,10,16-19,22-25,28-29,31-32,34,37,59H,4-6,8-9,11-15,20-21,26-27,30,33,35-36,38-58H2,1-3H3/b10-7-,18-16-,19-17-,24-22-,25-23-,29-28-,32-31-,37-34-. The molecule has 388 valence electrons. The Labute approximate surface area is 419 Å². The van der Waals surface area contributed by atoms with Gasteiger partial charge in [-0.2, -0.15) is 0 Å². The van der Waals surface area contributed by atoms with Crippen LogP contribution in [0.2, 0.25) is 0 Å². The third-order valence-electron chi connectivity index (χ3n) is 11.8. The highest BCUT2D eigenvalue weighted by Gasteiger charge is 2.19. The molecule has 0 aliphatic heterocycles. The van der Waals surface area contributed by atoms with Crippen LogP contribution >= 0.6 is 0 Å². The first-order valence-corrected chi connectivity index (χ1v) is 28.2. The van der Waals surface area contributed by atoms with Gasteiger partial charge in [-0.05, 0) is 103 Å². The van der Waals surface area contributed by atoms with Crippen molar-refractivity contribution in [2.24, 2.45) is 0 Å². The van der Waals surface area contributed by atoms with Crippen LogP contribution < -0.4 is 0 Å². The van der Waals surface area contributed by atoms with Gasteiger partial charge in [-0.3, -0.25) is 14.4 Å². The molecule has 0 aromatic heterocycles. The summed E-state index contributed by atoms with van der Waals surface area (Å²) in [5.74, 6) is -0.913. The lowest BCUT2D eigenvalue weighted by Crippen LogP contribution is -2.30. The second kappa shape index (κ2) is 55.9. The number of hydrogen-bond acceptors (Lipinski definition) is 6. The molecule has 0 spiro atoms. The molecule has 6 nitrogen and oxygen atoms in total. The van der Waals surface area contributed by atoms with Crippen LogP contribution in [0.1, 0.15) is 258 Å². The van der Waals surface area contributed by atoms with Crippen molar-refractivity contribution in [3.63, 3.8) is 0 Å². The lowest BCUT2D eigenvalue weighted by molar-refractivity contribution is -0.167. The van der Waals surface area contributed by atoms with Gasteiger partial charge in [0, 0.05) is 19.3 Å². The van der Waals surface area contributed by atoms with Gasteiger partial charge in [0.25, 0.3) is 0 Å². The Bertz CT molecular complexity index is 1360. The van der Waals surface area contributed by atoms with Crippen LogP contribution in [-0.2, 0) is 28.6 Å². The fraction of sp³-hybridized carbons (Fsp3) is 0.694. The maximum Gasteiger partial charge on any atom is 0.306 e. The van der Waals surface area contributed by atoms with E-state index in [1.54, 1.807) is 0 Å². The molecule has 1 unspecified atom stereocenters. The molecule has 0 aliphatic carbocycles. The Kier molecular flexibility index (Phi) is 52.9. The summed E-state index contributed by atoms with van der Waals surface area (Å²) in [7, 11) is 0. The van der Waals surface area contributed by atoms with Crippen LogP contribution in [0.5, 0.6) is 0 Å². The minimum absolute atomic E-state index is 0.0850. The topological polar surface area (TPSA) is 78.9 Å². The summed E-state index contributed by atoms with van der Waals surface area (Å²) in [5.41, 5.74) is 0. The first-order valence-electron chi connectivity index (χ1n) is 28.2. The van der Waals surface area contributed by atoms with Crippen molar-refractivity contribution in [3.05, 3.63) is 97.2 Å².